The average Bonchev–Trinajstić information content (AvgIpc) is 2.80. The Morgan fingerprint density at radius 1 is 1.30 bits per heavy atom. The van der Waals surface area contributed by atoms with E-state index in [1.807, 2.05) is 47.1 Å². The Morgan fingerprint density at radius 2 is 2.09 bits per heavy atom. The third-order valence-electron chi connectivity index (χ3n) is 4.49. The quantitative estimate of drug-likeness (QED) is 0.870. The van der Waals surface area contributed by atoms with E-state index in [-0.39, 0.29) is 5.91 Å². The molecule has 1 aromatic heterocycles. The highest BCUT2D eigenvalue weighted by Crippen LogP contribution is 2.19. The summed E-state index contributed by atoms with van der Waals surface area (Å²) in [6.45, 7) is 1.51. The summed E-state index contributed by atoms with van der Waals surface area (Å²) in [5, 5.41) is 4.31. The summed E-state index contributed by atoms with van der Waals surface area (Å²) in [6.07, 6.45) is 5.19. The van der Waals surface area contributed by atoms with E-state index in [0.717, 1.165) is 37.1 Å². The second-order valence-electron chi connectivity index (χ2n) is 6.01. The molecule has 1 aliphatic rings. The minimum Gasteiger partial charge on any atom is -0.497 e. The van der Waals surface area contributed by atoms with Gasteiger partial charge >= 0.3 is 0 Å². The van der Waals surface area contributed by atoms with Crippen molar-refractivity contribution in [3.05, 3.63) is 47.3 Å². The van der Waals surface area contributed by atoms with Gasteiger partial charge in [-0.2, -0.15) is 5.10 Å². The molecule has 0 saturated carbocycles. The molecule has 5 nitrogen and oxygen atoms in total. The van der Waals surface area contributed by atoms with Crippen molar-refractivity contribution in [2.24, 2.45) is 7.05 Å². The lowest BCUT2D eigenvalue weighted by molar-refractivity contribution is -0.131. The number of rotatable bonds is 4. The minimum atomic E-state index is 0.220. The molecule has 0 spiro atoms. The van der Waals surface area contributed by atoms with Gasteiger partial charge in [0.15, 0.2) is 0 Å². The maximum atomic E-state index is 12.5. The van der Waals surface area contributed by atoms with Crippen molar-refractivity contribution in [1.82, 2.24) is 14.7 Å². The van der Waals surface area contributed by atoms with E-state index < -0.39 is 0 Å². The summed E-state index contributed by atoms with van der Waals surface area (Å²) in [6, 6.07) is 7.92. The molecule has 0 N–H and O–H groups in total. The number of hydrogen-bond donors (Lipinski definition) is 0. The van der Waals surface area contributed by atoms with E-state index in [1.54, 1.807) is 7.11 Å². The highest BCUT2D eigenvalue weighted by molar-refractivity contribution is 5.76. The Morgan fingerprint density at radius 3 is 2.83 bits per heavy atom. The number of benzene rings is 1. The first-order chi connectivity index (χ1) is 11.2. The number of methoxy groups -OCH3 is 1. The molecular formula is C18H23N3O2. The lowest BCUT2D eigenvalue weighted by atomic mass is 10.1. The summed E-state index contributed by atoms with van der Waals surface area (Å²) < 4.78 is 7.09. The van der Waals surface area contributed by atoms with E-state index in [9.17, 15) is 4.79 Å². The van der Waals surface area contributed by atoms with Gasteiger partial charge in [-0.3, -0.25) is 9.48 Å². The van der Waals surface area contributed by atoms with E-state index in [1.165, 1.54) is 11.3 Å². The molecule has 1 aromatic carbocycles. The van der Waals surface area contributed by atoms with Crippen LogP contribution in [-0.2, 0) is 31.2 Å². The molecule has 0 unspecified atom stereocenters. The van der Waals surface area contributed by atoms with Crippen LogP contribution in [0.2, 0.25) is 0 Å². The molecule has 0 bridgehead atoms. The van der Waals surface area contributed by atoms with Gasteiger partial charge in [-0.25, -0.2) is 0 Å². The molecule has 0 radical (unpaired) electrons. The van der Waals surface area contributed by atoms with Crippen LogP contribution in [0.5, 0.6) is 5.75 Å². The molecule has 122 valence electrons. The number of carbonyl (C=O) groups excluding carboxylic acids is 1. The molecule has 0 fully saturated rings. The van der Waals surface area contributed by atoms with Gasteiger partial charge in [-0.1, -0.05) is 12.1 Å². The van der Waals surface area contributed by atoms with Crippen molar-refractivity contribution in [2.45, 2.75) is 32.2 Å². The largest absolute Gasteiger partial charge is 0.497 e. The number of nitrogens with zero attached hydrogens (tertiary/aromatic N) is 3. The molecule has 1 aliphatic heterocycles. The van der Waals surface area contributed by atoms with Gasteiger partial charge < -0.3 is 9.64 Å². The van der Waals surface area contributed by atoms with Gasteiger partial charge in [0.1, 0.15) is 5.75 Å². The first kappa shape index (κ1) is 15.6. The second kappa shape index (κ2) is 6.86. The maximum absolute atomic E-state index is 12.5. The molecule has 3 rings (SSSR count). The minimum absolute atomic E-state index is 0.220. The van der Waals surface area contributed by atoms with E-state index in [2.05, 4.69) is 5.10 Å². The fraction of sp³-hybridized carbons (Fsp3) is 0.444. The predicted octanol–water partition coefficient (Wildman–Crippen LogP) is 2.34. The molecular weight excluding hydrogens is 290 g/mol. The van der Waals surface area contributed by atoms with E-state index in [0.29, 0.717) is 13.0 Å². The van der Waals surface area contributed by atoms with Crippen molar-refractivity contribution in [2.75, 3.05) is 13.7 Å². The standard InChI is InChI=1S/C18H23N3O2/c1-20-17-4-3-11-21(13-15(17)12-19-20)18(22)10-7-14-5-8-16(23-2)9-6-14/h5-6,8-9,12H,3-4,7,10-11,13H2,1-2H3. The summed E-state index contributed by atoms with van der Waals surface area (Å²) in [5.41, 5.74) is 3.61. The average molecular weight is 313 g/mol. The van der Waals surface area contributed by atoms with Gasteiger partial charge in [0, 0.05) is 37.8 Å². The lowest BCUT2D eigenvalue weighted by Gasteiger charge is -2.20. The Labute approximate surface area is 136 Å². The molecule has 2 heterocycles. The van der Waals surface area contributed by atoms with Gasteiger partial charge in [0.25, 0.3) is 0 Å². The Balaban J connectivity index is 1.59. The van der Waals surface area contributed by atoms with Gasteiger partial charge in [0.2, 0.25) is 5.91 Å². The summed E-state index contributed by atoms with van der Waals surface area (Å²) in [7, 11) is 3.63. The van der Waals surface area contributed by atoms with Gasteiger partial charge in [-0.05, 0) is 37.0 Å². The smallest absolute Gasteiger partial charge is 0.223 e. The molecule has 1 amide bonds. The highest BCUT2D eigenvalue weighted by Gasteiger charge is 2.20. The molecule has 5 heteroatoms. The lowest BCUT2D eigenvalue weighted by Crippen LogP contribution is -2.30. The number of carbonyl (C=O) groups is 1. The molecule has 23 heavy (non-hydrogen) atoms. The van der Waals surface area contributed by atoms with Crippen molar-refractivity contribution >= 4 is 5.91 Å². The van der Waals surface area contributed by atoms with E-state index >= 15 is 0 Å². The zero-order chi connectivity index (χ0) is 16.2. The fourth-order valence-corrected chi connectivity index (χ4v) is 3.10. The number of hydrogen-bond acceptors (Lipinski definition) is 3. The first-order valence-corrected chi connectivity index (χ1v) is 8.08. The summed E-state index contributed by atoms with van der Waals surface area (Å²) >= 11 is 0. The number of aromatic nitrogens is 2. The monoisotopic (exact) mass is 313 g/mol. The van der Waals surface area contributed by atoms with Crippen LogP contribution in [-0.4, -0.2) is 34.2 Å². The Hall–Kier alpha value is -2.30. The SMILES string of the molecule is COc1ccc(CCC(=O)N2CCCc3c(cnn3C)C2)cc1. The van der Waals surface area contributed by atoms with Crippen LogP contribution in [0.3, 0.4) is 0 Å². The molecule has 0 aliphatic carbocycles. The van der Waals surface area contributed by atoms with Crippen LogP contribution in [0.15, 0.2) is 30.5 Å². The summed E-state index contributed by atoms with van der Waals surface area (Å²) in [5.74, 6) is 1.06. The number of ether oxygens (including phenoxy) is 1. The first-order valence-electron chi connectivity index (χ1n) is 8.08. The van der Waals surface area contributed by atoms with Crippen LogP contribution < -0.4 is 4.74 Å². The highest BCUT2D eigenvalue weighted by atomic mass is 16.5. The van der Waals surface area contributed by atoms with Crippen molar-refractivity contribution in [1.29, 1.82) is 0 Å². The van der Waals surface area contributed by atoms with Crippen LogP contribution in [0.25, 0.3) is 0 Å². The zero-order valence-electron chi connectivity index (χ0n) is 13.8. The van der Waals surface area contributed by atoms with Crippen molar-refractivity contribution in [3.63, 3.8) is 0 Å². The maximum Gasteiger partial charge on any atom is 0.223 e. The van der Waals surface area contributed by atoms with E-state index in [4.69, 9.17) is 4.74 Å². The molecule has 0 atom stereocenters. The third kappa shape index (κ3) is 3.55. The zero-order valence-corrected chi connectivity index (χ0v) is 13.8. The predicted molar refractivity (Wildman–Crippen MR) is 88.3 cm³/mol. The van der Waals surface area contributed by atoms with Crippen molar-refractivity contribution in [3.8, 4) is 5.75 Å². The van der Waals surface area contributed by atoms with Gasteiger partial charge in [-0.15, -0.1) is 0 Å². The van der Waals surface area contributed by atoms with Crippen LogP contribution in [0.4, 0.5) is 0 Å². The number of aryl methyl sites for hydroxylation is 2. The van der Waals surface area contributed by atoms with Gasteiger partial charge in [0.05, 0.1) is 13.3 Å². The topological polar surface area (TPSA) is 47.4 Å². The third-order valence-corrected chi connectivity index (χ3v) is 4.49. The molecule has 0 saturated heterocycles. The molecule has 2 aromatic rings. The second-order valence-corrected chi connectivity index (χ2v) is 6.01. The summed E-state index contributed by atoms with van der Waals surface area (Å²) in [4.78, 5) is 14.5. The normalized spacial score (nSPS) is 14.3. The van der Waals surface area contributed by atoms with Crippen molar-refractivity contribution < 1.29 is 9.53 Å². The Bertz CT molecular complexity index is 676. The fourth-order valence-electron chi connectivity index (χ4n) is 3.10. The number of amides is 1. The van der Waals surface area contributed by atoms with Crippen LogP contribution in [0, 0.1) is 0 Å². The van der Waals surface area contributed by atoms with Crippen LogP contribution >= 0.6 is 0 Å². The Kier molecular flexibility index (Phi) is 4.65. The number of fused-ring (bicyclic) bond motifs is 1. The van der Waals surface area contributed by atoms with Crippen LogP contribution in [0.1, 0.15) is 29.7 Å².